The summed E-state index contributed by atoms with van der Waals surface area (Å²) in [4.78, 5) is 10.4. The monoisotopic (exact) mass is 180 g/mol. The lowest BCUT2D eigenvalue weighted by molar-refractivity contribution is -0.105. The summed E-state index contributed by atoms with van der Waals surface area (Å²) < 4.78 is 0. The van der Waals surface area contributed by atoms with Crippen molar-refractivity contribution in [3.8, 4) is 0 Å². The van der Waals surface area contributed by atoms with E-state index in [9.17, 15) is 4.79 Å². The number of hydrogen-bond donors (Lipinski definition) is 0. The SMILES string of the molecule is O=C/C(=C\Cl)Cc1ccccc1. The Bertz CT molecular complexity index is 277. The molecule has 1 nitrogen and oxygen atoms in total. The van der Waals surface area contributed by atoms with Gasteiger partial charge in [0.05, 0.1) is 0 Å². The van der Waals surface area contributed by atoms with Gasteiger partial charge in [-0.2, -0.15) is 0 Å². The lowest BCUT2D eigenvalue weighted by Crippen LogP contribution is -1.89. The second kappa shape index (κ2) is 4.73. The molecule has 0 aliphatic heterocycles. The van der Waals surface area contributed by atoms with Crippen molar-refractivity contribution in [2.24, 2.45) is 0 Å². The molecule has 0 heterocycles. The highest BCUT2D eigenvalue weighted by atomic mass is 35.5. The molecular weight excluding hydrogens is 172 g/mol. The van der Waals surface area contributed by atoms with E-state index in [2.05, 4.69) is 0 Å². The zero-order valence-corrected chi connectivity index (χ0v) is 7.29. The first-order valence-electron chi connectivity index (χ1n) is 3.65. The van der Waals surface area contributed by atoms with Crippen LogP contribution < -0.4 is 0 Å². The highest BCUT2D eigenvalue weighted by Crippen LogP contribution is 2.06. The second-order valence-electron chi connectivity index (χ2n) is 2.46. The van der Waals surface area contributed by atoms with Crippen LogP contribution in [0.3, 0.4) is 0 Å². The number of aldehydes is 1. The van der Waals surface area contributed by atoms with Crippen LogP contribution in [0.1, 0.15) is 5.56 Å². The lowest BCUT2D eigenvalue weighted by atomic mass is 10.1. The molecule has 0 radical (unpaired) electrons. The highest BCUT2D eigenvalue weighted by Gasteiger charge is 1.95. The summed E-state index contributed by atoms with van der Waals surface area (Å²) in [5.41, 5.74) is 3.01. The van der Waals surface area contributed by atoms with Crippen molar-refractivity contribution >= 4 is 17.9 Å². The van der Waals surface area contributed by atoms with Gasteiger partial charge in [0.15, 0.2) is 0 Å². The molecule has 0 saturated carbocycles. The van der Waals surface area contributed by atoms with Gasteiger partial charge >= 0.3 is 0 Å². The van der Waals surface area contributed by atoms with Crippen LogP contribution in [0, 0.1) is 0 Å². The first-order chi connectivity index (χ1) is 5.86. The number of carbonyl (C=O) groups excluding carboxylic acids is 1. The first-order valence-corrected chi connectivity index (χ1v) is 4.09. The van der Waals surface area contributed by atoms with Crippen LogP contribution in [-0.2, 0) is 11.2 Å². The van der Waals surface area contributed by atoms with E-state index in [-0.39, 0.29) is 0 Å². The van der Waals surface area contributed by atoms with Gasteiger partial charge < -0.3 is 0 Å². The second-order valence-corrected chi connectivity index (χ2v) is 2.68. The maximum atomic E-state index is 10.4. The third kappa shape index (κ3) is 2.51. The normalized spacial score (nSPS) is 11.2. The third-order valence-corrected chi connectivity index (χ3v) is 1.82. The molecule has 0 atom stereocenters. The van der Waals surface area contributed by atoms with Crippen molar-refractivity contribution in [3.05, 3.63) is 47.0 Å². The molecule has 0 fully saturated rings. The Morgan fingerprint density at radius 2 is 2.00 bits per heavy atom. The van der Waals surface area contributed by atoms with E-state index in [1.807, 2.05) is 30.3 Å². The van der Waals surface area contributed by atoms with Crippen molar-refractivity contribution < 1.29 is 4.79 Å². The van der Waals surface area contributed by atoms with Crippen molar-refractivity contribution in [1.82, 2.24) is 0 Å². The molecule has 0 aliphatic rings. The van der Waals surface area contributed by atoms with E-state index in [0.717, 1.165) is 11.8 Å². The molecule has 0 saturated heterocycles. The van der Waals surface area contributed by atoms with Gasteiger partial charge in [0.1, 0.15) is 6.29 Å². The van der Waals surface area contributed by atoms with Gasteiger partial charge in [0.25, 0.3) is 0 Å². The summed E-state index contributed by atoms with van der Waals surface area (Å²) in [5, 5.41) is 0. The van der Waals surface area contributed by atoms with Crippen molar-refractivity contribution in [3.63, 3.8) is 0 Å². The van der Waals surface area contributed by atoms with E-state index in [0.29, 0.717) is 12.0 Å². The number of allylic oxidation sites excluding steroid dienone is 1. The Morgan fingerprint density at radius 1 is 1.33 bits per heavy atom. The van der Waals surface area contributed by atoms with E-state index in [4.69, 9.17) is 11.6 Å². The topological polar surface area (TPSA) is 17.1 Å². The van der Waals surface area contributed by atoms with Gasteiger partial charge in [-0.3, -0.25) is 4.79 Å². The van der Waals surface area contributed by atoms with Crippen LogP contribution in [0.15, 0.2) is 41.4 Å². The molecule has 0 bridgehead atoms. The van der Waals surface area contributed by atoms with Gasteiger partial charge in [-0.15, -0.1) is 0 Å². The summed E-state index contributed by atoms with van der Waals surface area (Å²) in [6.45, 7) is 0. The minimum absolute atomic E-state index is 0.600. The average Bonchev–Trinajstić information content (AvgIpc) is 2.16. The lowest BCUT2D eigenvalue weighted by Gasteiger charge is -1.97. The van der Waals surface area contributed by atoms with E-state index >= 15 is 0 Å². The van der Waals surface area contributed by atoms with E-state index in [1.54, 1.807) is 0 Å². The minimum atomic E-state index is 0.600. The molecule has 0 spiro atoms. The third-order valence-electron chi connectivity index (χ3n) is 1.54. The number of halogens is 1. The molecule has 0 amide bonds. The molecule has 0 unspecified atom stereocenters. The molecule has 1 rings (SSSR count). The van der Waals surface area contributed by atoms with Crippen LogP contribution in [0.5, 0.6) is 0 Å². The predicted octanol–water partition coefficient (Wildman–Crippen LogP) is 2.55. The van der Waals surface area contributed by atoms with Gasteiger partial charge in [-0.1, -0.05) is 41.9 Å². The number of rotatable bonds is 3. The molecule has 12 heavy (non-hydrogen) atoms. The van der Waals surface area contributed by atoms with Crippen LogP contribution in [0.2, 0.25) is 0 Å². The Labute approximate surface area is 76.7 Å². The summed E-state index contributed by atoms with van der Waals surface area (Å²) in [6, 6.07) is 9.74. The minimum Gasteiger partial charge on any atom is -0.298 e. The molecule has 62 valence electrons. The van der Waals surface area contributed by atoms with E-state index in [1.165, 1.54) is 5.54 Å². The fraction of sp³-hybridized carbons (Fsp3) is 0.100. The fourth-order valence-electron chi connectivity index (χ4n) is 0.938. The standard InChI is InChI=1S/C10H9ClO/c11-7-10(8-12)6-9-4-2-1-3-5-9/h1-5,7-8H,6H2/b10-7-. The van der Waals surface area contributed by atoms with Gasteiger partial charge in [0.2, 0.25) is 0 Å². The van der Waals surface area contributed by atoms with Crippen LogP contribution in [0.4, 0.5) is 0 Å². The Balaban J connectivity index is 2.70. The molecule has 1 aromatic rings. The van der Waals surface area contributed by atoms with Crippen molar-refractivity contribution in [2.75, 3.05) is 0 Å². The summed E-state index contributed by atoms with van der Waals surface area (Å²) in [6.07, 6.45) is 1.38. The maximum Gasteiger partial charge on any atom is 0.147 e. The average molecular weight is 181 g/mol. The quantitative estimate of drug-likeness (QED) is 0.516. The molecule has 0 N–H and O–H groups in total. The Morgan fingerprint density at radius 3 is 2.50 bits per heavy atom. The zero-order valence-electron chi connectivity index (χ0n) is 6.53. The summed E-state index contributed by atoms with van der Waals surface area (Å²) in [7, 11) is 0. The van der Waals surface area contributed by atoms with Crippen LogP contribution in [-0.4, -0.2) is 6.29 Å². The highest BCUT2D eigenvalue weighted by molar-refractivity contribution is 6.26. The maximum absolute atomic E-state index is 10.4. The Hall–Kier alpha value is -1.08. The number of benzene rings is 1. The molecule has 2 heteroatoms. The van der Waals surface area contributed by atoms with Crippen molar-refractivity contribution in [2.45, 2.75) is 6.42 Å². The zero-order chi connectivity index (χ0) is 8.81. The molecule has 0 aromatic heterocycles. The predicted molar refractivity (Wildman–Crippen MR) is 50.1 cm³/mol. The van der Waals surface area contributed by atoms with Crippen molar-refractivity contribution in [1.29, 1.82) is 0 Å². The van der Waals surface area contributed by atoms with Crippen LogP contribution >= 0.6 is 11.6 Å². The smallest absolute Gasteiger partial charge is 0.147 e. The summed E-state index contributed by atoms with van der Waals surface area (Å²) >= 11 is 5.42. The van der Waals surface area contributed by atoms with Gasteiger partial charge in [-0.05, 0) is 5.56 Å². The van der Waals surface area contributed by atoms with E-state index < -0.39 is 0 Å². The Kier molecular flexibility index (Phi) is 3.55. The van der Waals surface area contributed by atoms with Crippen LogP contribution in [0.25, 0.3) is 0 Å². The first kappa shape index (κ1) is 9.01. The number of hydrogen-bond acceptors (Lipinski definition) is 1. The molecule has 0 aliphatic carbocycles. The van der Waals surface area contributed by atoms with Gasteiger partial charge in [0, 0.05) is 17.5 Å². The fourth-order valence-corrected chi connectivity index (χ4v) is 1.07. The largest absolute Gasteiger partial charge is 0.298 e. The summed E-state index contributed by atoms with van der Waals surface area (Å²) in [5.74, 6) is 0. The number of carbonyl (C=O) groups is 1. The molecular formula is C10H9ClO. The molecule has 1 aromatic carbocycles. The van der Waals surface area contributed by atoms with Gasteiger partial charge in [-0.25, -0.2) is 0 Å².